The normalized spacial score (nSPS) is 15.6. The molecule has 2 heterocycles. The number of nitrogen functional groups attached to an aromatic ring is 1. The summed E-state index contributed by atoms with van der Waals surface area (Å²) in [5, 5.41) is 21.7. The molecule has 2 rings (SSSR count). The molecule has 1 aliphatic heterocycles. The standard InChI is InChI=1S/C6H7N9/c7-6-13-10-4-15(6)11-2-1-8-5-3-9-14-12-5/h1-2,4H,3H2,(H2,7,13)/b8-1?,11-2+. The number of anilines is 1. The fourth-order valence-corrected chi connectivity index (χ4v) is 0.825. The van der Waals surface area contributed by atoms with Crippen LogP contribution >= 0.6 is 0 Å². The molecule has 1 aromatic heterocycles. The number of nitrogens with two attached hydrogens (primary N) is 1. The second-order valence-corrected chi connectivity index (χ2v) is 2.48. The molecule has 0 aliphatic carbocycles. The minimum Gasteiger partial charge on any atom is -0.366 e. The predicted molar refractivity (Wildman–Crippen MR) is 54.0 cm³/mol. The van der Waals surface area contributed by atoms with Crippen LogP contribution in [0.3, 0.4) is 0 Å². The second-order valence-electron chi connectivity index (χ2n) is 2.48. The smallest absolute Gasteiger partial charge is 0.242 e. The third-order valence-electron chi connectivity index (χ3n) is 1.47. The Hall–Kier alpha value is -2.45. The summed E-state index contributed by atoms with van der Waals surface area (Å²) >= 11 is 0. The number of aromatic nitrogens is 3. The third-order valence-corrected chi connectivity index (χ3v) is 1.47. The van der Waals surface area contributed by atoms with Crippen LogP contribution < -0.4 is 5.73 Å². The van der Waals surface area contributed by atoms with Crippen molar-refractivity contribution in [2.75, 3.05) is 12.3 Å². The predicted octanol–water partition coefficient (Wildman–Crippen LogP) is -0.456. The first kappa shape index (κ1) is 9.12. The Labute approximate surface area is 84.1 Å². The highest BCUT2D eigenvalue weighted by atomic mass is 15.5. The largest absolute Gasteiger partial charge is 0.366 e. The Morgan fingerprint density at radius 2 is 2.40 bits per heavy atom. The van der Waals surface area contributed by atoms with Crippen LogP contribution in [0.5, 0.6) is 0 Å². The van der Waals surface area contributed by atoms with Crippen molar-refractivity contribution in [1.29, 1.82) is 0 Å². The van der Waals surface area contributed by atoms with E-state index in [-0.39, 0.29) is 5.95 Å². The second kappa shape index (κ2) is 4.17. The van der Waals surface area contributed by atoms with Crippen LogP contribution in [0.15, 0.2) is 31.9 Å². The van der Waals surface area contributed by atoms with Crippen LogP contribution in [0.2, 0.25) is 0 Å². The molecule has 9 heteroatoms. The lowest BCUT2D eigenvalue weighted by molar-refractivity contribution is 0.894. The maximum absolute atomic E-state index is 5.42. The van der Waals surface area contributed by atoms with Gasteiger partial charge in [-0.1, -0.05) is 0 Å². The van der Waals surface area contributed by atoms with Crippen LogP contribution in [0, 0.1) is 0 Å². The average molecular weight is 205 g/mol. The highest BCUT2D eigenvalue weighted by molar-refractivity contribution is 6.19. The molecule has 15 heavy (non-hydrogen) atoms. The topological polar surface area (TPSA) is 119 Å². The molecule has 0 fully saturated rings. The average Bonchev–Trinajstić information content (AvgIpc) is 2.85. The fraction of sp³-hybridized carbons (Fsp3) is 0.167. The molecule has 1 aromatic rings. The molecule has 0 saturated heterocycles. The van der Waals surface area contributed by atoms with Crippen molar-refractivity contribution in [3.63, 3.8) is 0 Å². The molecule has 0 aromatic carbocycles. The van der Waals surface area contributed by atoms with E-state index in [1.807, 2.05) is 0 Å². The van der Waals surface area contributed by atoms with Crippen LogP contribution in [0.1, 0.15) is 0 Å². The van der Waals surface area contributed by atoms with Gasteiger partial charge in [-0.15, -0.1) is 15.3 Å². The summed E-state index contributed by atoms with van der Waals surface area (Å²) in [5.74, 6) is 0.751. The number of hydrogen-bond acceptors (Lipinski definition) is 8. The van der Waals surface area contributed by atoms with E-state index in [0.717, 1.165) is 0 Å². The van der Waals surface area contributed by atoms with Crippen molar-refractivity contribution in [1.82, 2.24) is 14.9 Å². The molecule has 1 aliphatic rings. The number of hydrogen-bond donors (Lipinski definition) is 1. The van der Waals surface area contributed by atoms with Gasteiger partial charge in [-0.25, -0.2) is 4.99 Å². The first-order valence-corrected chi connectivity index (χ1v) is 4.02. The quantitative estimate of drug-likeness (QED) is 0.658. The third kappa shape index (κ3) is 2.27. The number of aliphatic imine (C=N–C) groups is 1. The van der Waals surface area contributed by atoms with Gasteiger partial charge in [0.2, 0.25) is 5.95 Å². The summed E-state index contributed by atoms with van der Waals surface area (Å²) in [6.07, 6.45) is 4.30. The molecule has 76 valence electrons. The highest BCUT2D eigenvalue weighted by Crippen LogP contribution is 1.94. The Morgan fingerprint density at radius 3 is 3.07 bits per heavy atom. The zero-order valence-corrected chi connectivity index (χ0v) is 7.59. The van der Waals surface area contributed by atoms with E-state index < -0.39 is 0 Å². The van der Waals surface area contributed by atoms with Crippen LogP contribution in [0.4, 0.5) is 5.95 Å². The van der Waals surface area contributed by atoms with Gasteiger partial charge in [-0.2, -0.15) is 14.9 Å². The Balaban J connectivity index is 1.93. The van der Waals surface area contributed by atoms with Gasteiger partial charge >= 0.3 is 0 Å². The van der Waals surface area contributed by atoms with Crippen molar-refractivity contribution in [2.24, 2.45) is 25.5 Å². The summed E-state index contributed by atoms with van der Waals surface area (Å²) in [5.41, 5.74) is 5.42. The summed E-state index contributed by atoms with van der Waals surface area (Å²) < 4.78 is 1.32. The van der Waals surface area contributed by atoms with Gasteiger partial charge in [0.15, 0.2) is 5.84 Å². The summed E-state index contributed by atoms with van der Waals surface area (Å²) in [6.45, 7) is 0.402. The minimum atomic E-state index is 0.211. The maximum atomic E-state index is 5.42. The maximum Gasteiger partial charge on any atom is 0.242 e. The van der Waals surface area contributed by atoms with Gasteiger partial charge in [-0.05, 0) is 5.22 Å². The molecule has 0 atom stereocenters. The van der Waals surface area contributed by atoms with Gasteiger partial charge in [-0.3, -0.25) is 0 Å². The van der Waals surface area contributed by atoms with E-state index in [9.17, 15) is 0 Å². The van der Waals surface area contributed by atoms with Gasteiger partial charge in [0.05, 0.1) is 6.21 Å². The lowest BCUT2D eigenvalue weighted by atomic mass is 10.6. The minimum absolute atomic E-state index is 0.211. The Morgan fingerprint density at radius 1 is 1.47 bits per heavy atom. The Kier molecular flexibility index (Phi) is 2.54. The molecule has 0 unspecified atom stereocenters. The molecule has 2 N–H and O–H groups in total. The zero-order valence-electron chi connectivity index (χ0n) is 7.59. The number of nitrogens with zero attached hydrogens (tertiary/aromatic N) is 8. The highest BCUT2D eigenvalue weighted by Gasteiger charge is 1.98. The van der Waals surface area contributed by atoms with E-state index in [0.29, 0.717) is 12.4 Å². The van der Waals surface area contributed by atoms with E-state index >= 15 is 0 Å². The monoisotopic (exact) mass is 205 g/mol. The first-order valence-electron chi connectivity index (χ1n) is 4.02. The van der Waals surface area contributed by atoms with Crippen molar-refractivity contribution < 1.29 is 0 Å². The fourth-order valence-electron chi connectivity index (χ4n) is 0.825. The van der Waals surface area contributed by atoms with E-state index in [2.05, 4.69) is 35.7 Å². The molecular weight excluding hydrogens is 198 g/mol. The van der Waals surface area contributed by atoms with Crippen LogP contribution in [-0.2, 0) is 0 Å². The van der Waals surface area contributed by atoms with Gasteiger partial charge in [0.1, 0.15) is 12.9 Å². The van der Waals surface area contributed by atoms with Crippen molar-refractivity contribution in [3.8, 4) is 0 Å². The molecular formula is C6H7N9. The lowest BCUT2D eigenvalue weighted by Crippen LogP contribution is -1.98. The van der Waals surface area contributed by atoms with Crippen LogP contribution in [0.25, 0.3) is 0 Å². The van der Waals surface area contributed by atoms with E-state index in [4.69, 9.17) is 5.73 Å². The molecule has 0 bridgehead atoms. The van der Waals surface area contributed by atoms with E-state index in [1.165, 1.54) is 23.4 Å². The zero-order chi connectivity index (χ0) is 10.5. The van der Waals surface area contributed by atoms with Crippen molar-refractivity contribution in [3.05, 3.63) is 6.33 Å². The Bertz CT molecular complexity index is 451. The molecule has 0 radical (unpaired) electrons. The van der Waals surface area contributed by atoms with Crippen molar-refractivity contribution >= 4 is 24.2 Å². The molecule has 0 spiro atoms. The van der Waals surface area contributed by atoms with Gasteiger partial charge in [0.25, 0.3) is 0 Å². The molecule has 9 nitrogen and oxygen atoms in total. The molecule has 0 amide bonds. The number of rotatable bonds is 2. The van der Waals surface area contributed by atoms with Gasteiger partial charge in [0, 0.05) is 6.21 Å². The molecule has 0 saturated carbocycles. The number of amidine groups is 1. The summed E-state index contributed by atoms with van der Waals surface area (Å²) in [6, 6.07) is 0. The SMILES string of the molecule is Nc1nncn1/N=C/C=NC1=NN=NC1. The summed E-state index contributed by atoms with van der Waals surface area (Å²) in [7, 11) is 0. The van der Waals surface area contributed by atoms with Gasteiger partial charge < -0.3 is 5.73 Å². The van der Waals surface area contributed by atoms with E-state index in [1.54, 1.807) is 0 Å². The van der Waals surface area contributed by atoms with Crippen molar-refractivity contribution in [2.45, 2.75) is 0 Å². The van der Waals surface area contributed by atoms with Crippen LogP contribution in [-0.4, -0.2) is 39.7 Å². The first-order chi connectivity index (χ1) is 7.36. The lowest BCUT2D eigenvalue weighted by Gasteiger charge is -1.89. The summed E-state index contributed by atoms with van der Waals surface area (Å²) in [4.78, 5) is 3.95.